The van der Waals surface area contributed by atoms with Gasteiger partial charge in [-0.25, -0.2) is 4.98 Å². The summed E-state index contributed by atoms with van der Waals surface area (Å²) in [5.74, 6) is -0.776. The third-order valence-electron chi connectivity index (χ3n) is 4.45. The minimum absolute atomic E-state index is 0.259. The van der Waals surface area contributed by atoms with Gasteiger partial charge in [-0.2, -0.15) is 0 Å². The van der Waals surface area contributed by atoms with Crippen LogP contribution < -0.4 is 21.7 Å². The van der Waals surface area contributed by atoms with Crippen molar-refractivity contribution in [2.24, 2.45) is 26.9 Å². The summed E-state index contributed by atoms with van der Waals surface area (Å²) in [6, 6.07) is 3.14. The molecule has 3 aromatic rings. The lowest BCUT2D eigenvalue weighted by Crippen LogP contribution is -2.30. The fraction of sp³-hybridized carbons (Fsp3) is 0.263. The van der Waals surface area contributed by atoms with Crippen molar-refractivity contribution in [2.45, 2.75) is 0 Å². The summed E-state index contributed by atoms with van der Waals surface area (Å²) >= 11 is 0. The maximum atomic E-state index is 12.7. The third kappa shape index (κ3) is 4.41. The molecular formula is C19H24N8O3. The highest BCUT2D eigenvalue weighted by molar-refractivity contribution is 6.06. The third-order valence-corrected chi connectivity index (χ3v) is 4.45. The van der Waals surface area contributed by atoms with Crippen LogP contribution in [0.15, 0.2) is 36.9 Å². The van der Waals surface area contributed by atoms with Gasteiger partial charge in [0, 0.05) is 59.0 Å². The van der Waals surface area contributed by atoms with Gasteiger partial charge in [0.1, 0.15) is 11.4 Å². The average molecular weight is 412 g/mol. The maximum absolute atomic E-state index is 12.7. The number of nitrogens with one attached hydrogen (secondary N) is 3. The number of nitrogens with zero attached hydrogens (tertiary/aromatic N) is 4. The molecule has 0 saturated heterocycles. The quantitative estimate of drug-likeness (QED) is 0.441. The number of nitrogens with two attached hydrogens (primary N) is 1. The fourth-order valence-corrected chi connectivity index (χ4v) is 2.96. The first-order chi connectivity index (χ1) is 14.3. The first kappa shape index (κ1) is 20.9. The summed E-state index contributed by atoms with van der Waals surface area (Å²) in [6.45, 7) is 0.702. The van der Waals surface area contributed by atoms with Crippen LogP contribution in [0, 0.1) is 0 Å². The monoisotopic (exact) mass is 412 g/mol. The van der Waals surface area contributed by atoms with Crippen LogP contribution in [0.5, 0.6) is 0 Å². The smallest absolute Gasteiger partial charge is 0.291 e. The molecule has 0 aliphatic rings. The molecule has 3 rings (SSSR count). The number of carbonyl (C=O) groups excluding carboxylic acids is 3. The van der Waals surface area contributed by atoms with E-state index in [1.54, 1.807) is 65.6 Å². The second-order valence-corrected chi connectivity index (χ2v) is 6.76. The molecule has 3 aromatic heterocycles. The topological polar surface area (TPSA) is 141 Å². The van der Waals surface area contributed by atoms with Crippen LogP contribution in [0.3, 0.4) is 0 Å². The van der Waals surface area contributed by atoms with Crippen molar-refractivity contribution in [1.29, 1.82) is 0 Å². The molecule has 0 saturated carbocycles. The van der Waals surface area contributed by atoms with Gasteiger partial charge in [-0.3, -0.25) is 14.4 Å². The zero-order chi connectivity index (χ0) is 21.8. The minimum atomic E-state index is -0.380. The summed E-state index contributed by atoms with van der Waals surface area (Å²) in [7, 11) is 5.12. The van der Waals surface area contributed by atoms with Crippen molar-refractivity contribution >= 4 is 29.1 Å². The van der Waals surface area contributed by atoms with Crippen molar-refractivity contribution in [3.8, 4) is 0 Å². The van der Waals surface area contributed by atoms with Gasteiger partial charge in [0.05, 0.1) is 11.4 Å². The van der Waals surface area contributed by atoms with Gasteiger partial charge in [0.2, 0.25) is 0 Å². The van der Waals surface area contributed by atoms with Crippen LogP contribution in [0.1, 0.15) is 31.6 Å². The Bertz CT molecular complexity index is 1090. The second kappa shape index (κ2) is 8.66. The highest BCUT2D eigenvalue weighted by Crippen LogP contribution is 2.18. The van der Waals surface area contributed by atoms with Crippen molar-refractivity contribution < 1.29 is 14.4 Å². The zero-order valence-electron chi connectivity index (χ0n) is 17.0. The lowest BCUT2D eigenvalue weighted by Gasteiger charge is -2.03. The van der Waals surface area contributed by atoms with Gasteiger partial charge in [0.15, 0.2) is 5.82 Å². The Labute approximate surface area is 172 Å². The molecule has 0 atom stereocenters. The molecule has 3 amide bonds. The summed E-state index contributed by atoms with van der Waals surface area (Å²) in [4.78, 5) is 41.1. The van der Waals surface area contributed by atoms with E-state index in [9.17, 15) is 14.4 Å². The number of aryl methyl sites for hydroxylation is 3. The number of rotatable bonds is 7. The normalized spacial score (nSPS) is 10.7. The van der Waals surface area contributed by atoms with Crippen molar-refractivity contribution in [2.75, 3.05) is 23.7 Å². The van der Waals surface area contributed by atoms with E-state index in [1.165, 1.54) is 6.20 Å². The van der Waals surface area contributed by atoms with Crippen LogP contribution in [0.25, 0.3) is 0 Å². The highest BCUT2D eigenvalue weighted by atomic mass is 16.2. The number of hydrogen-bond acceptors (Lipinski definition) is 5. The molecule has 30 heavy (non-hydrogen) atoms. The van der Waals surface area contributed by atoms with Gasteiger partial charge in [0.25, 0.3) is 17.7 Å². The van der Waals surface area contributed by atoms with Crippen LogP contribution in [0.2, 0.25) is 0 Å². The lowest BCUT2D eigenvalue weighted by atomic mass is 10.3. The van der Waals surface area contributed by atoms with Gasteiger partial charge >= 0.3 is 0 Å². The number of imidazole rings is 1. The molecule has 5 N–H and O–H groups in total. The van der Waals surface area contributed by atoms with E-state index in [4.69, 9.17) is 5.73 Å². The van der Waals surface area contributed by atoms with E-state index in [2.05, 4.69) is 20.9 Å². The zero-order valence-corrected chi connectivity index (χ0v) is 17.0. The largest absolute Gasteiger partial charge is 0.349 e. The predicted molar refractivity (Wildman–Crippen MR) is 111 cm³/mol. The summed E-state index contributed by atoms with van der Waals surface area (Å²) < 4.78 is 4.81. The van der Waals surface area contributed by atoms with Crippen LogP contribution in [-0.4, -0.2) is 49.5 Å². The van der Waals surface area contributed by atoms with Crippen LogP contribution >= 0.6 is 0 Å². The van der Waals surface area contributed by atoms with Crippen molar-refractivity contribution in [3.63, 3.8) is 0 Å². The molecule has 11 heteroatoms. The Morgan fingerprint density at radius 2 is 1.47 bits per heavy atom. The highest BCUT2D eigenvalue weighted by Gasteiger charge is 2.18. The van der Waals surface area contributed by atoms with E-state index < -0.39 is 0 Å². The number of anilines is 2. The molecule has 3 heterocycles. The number of amides is 3. The lowest BCUT2D eigenvalue weighted by molar-refractivity contribution is 0.0944. The van der Waals surface area contributed by atoms with E-state index >= 15 is 0 Å². The fourth-order valence-electron chi connectivity index (χ4n) is 2.96. The second-order valence-electron chi connectivity index (χ2n) is 6.76. The van der Waals surface area contributed by atoms with Gasteiger partial charge in [-0.05, 0) is 12.1 Å². The molecule has 0 aromatic carbocycles. The number of hydrogen-bond donors (Lipinski definition) is 4. The van der Waals surface area contributed by atoms with E-state index in [-0.39, 0.29) is 23.5 Å². The Balaban J connectivity index is 1.70. The number of carbonyl (C=O) groups is 3. The molecule has 0 unspecified atom stereocenters. The maximum Gasteiger partial charge on any atom is 0.291 e. The summed E-state index contributed by atoms with van der Waals surface area (Å²) in [6.07, 6.45) is 6.47. The Kier molecular flexibility index (Phi) is 6.02. The van der Waals surface area contributed by atoms with Crippen LogP contribution in [-0.2, 0) is 21.1 Å². The molecular weight excluding hydrogens is 388 g/mol. The molecule has 0 radical (unpaired) electrons. The molecule has 0 aliphatic heterocycles. The van der Waals surface area contributed by atoms with Gasteiger partial charge in [-0.1, -0.05) is 0 Å². The Hall–Kier alpha value is -3.86. The summed E-state index contributed by atoms with van der Waals surface area (Å²) in [5, 5.41) is 8.17. The van der Waals surface area contributed by atoms with E-state index in [1.807, 2.05) is 0 Å². The number of aromatic nitrogens is 4. The van der Waals surface area contributed by atoms with Gasteiger partial charge < -0.3 is 35.4 Å². The molecule has 0 spiro atoms. The Morgan fingerprint density at radius 1 is 0.900 bits per heavy atom. The molecule has 158 valence electrons. The minimum Gasteiger partial charge on any atom is -0.349 e. The molecule has 0 fully saturated rings. The van der Waals surface area contributed by atoms with Gasteiger partial charge in [-0.15, -0.1) is 0 Å². The molecule has 0 bridgehead atoms. The first-order valence-electron chi connectivity index (χ1n) is 9.21. The Morgan fingerprint density at radius 3 is 2.00 bits per heavy atom. The molecule has 0 aliphatic carbocycles. The SMILES string of the molecule is Cn1cc(NC(=O)c2cc(NC(=O)c3nccn3C)cn2C)cc1C(=O)NCCN. The first-order valence-corrected chi connectivity index (χ1v) is 9.21. The van der Waals surface area contributed by atoms with E-state index in [0.29, 0.717) is 35.9 Å². The summed E-state index contributed by atoms with van der Waals surface area (Å²) in [5.41, 5.74) is 7.07. The average Bonchev–Trinajstić information content (AvgIpc) is 3.38. The predicted octanol–water partition coefficient (Wildman–Crippen LogP) is 0.290. The van der Waals surface area contributed by atoms with Crippen LogP contribution in [0.4, 0.5) is 11.4 Å². The van der Waals surface area contributed by atoms with Crippen molar-refractivity contribution in [3.05, 3.63) is 54.1 Å². The molecule has 11 nitrogen and oxygen atoms in total. The standard InChI is InChI=1S/C19H24N8O3/c1-25-7-6-21-16(25)19(30)24-13-9-15(27(3)11-13)18(29)23-12-8-14(26(2)10-12)17(28)22-5-4-20/h6-11H,4-5,20H2,1-3H3,(H,22,28)(H,23,29)(H,24,30). The van der Waals surface area contributed by atoms with E-state index in [0.717, 1.165) is 0 Å². The van der Waals surface area contributed by atoms with Crippen molar-refractivity contribution in [1.82, 2.24) is 24.0 Å².